The van der Waals surface area contributed by atoms with Crippen LogP contribution in [-0.2, 0) is 6.54 Å². The number of rotatable bonds is 4. The lowest BCUT2D eigenvalue weighted by molar-refractivity contribution is 0.230. The second kappa shape index (κ2) is 6.23. The second-order valence-corrected chi connectivity index (χ2v) is 5.49. The molecule has 4 heteroatoms. The van der Waals surface area contributed by atoms with Crippen molar-refractivity contribution in [3.05, 3.63) is 12.4 Å². The maximum atomic E-state index is 4.31. The smallest absolute Gasteiger partial charge is 0.0728 e. The lowest BCUT2D eigenvalue weighted by Gasteiger charge is -2.24. The molecule has 0 bridgehead atoms. The van der Waals surface area contributed by atoms with Gasteiger partial charge in [-0.2, -0.15) is 5.10 Å². The van der Waals surface area contributed by atoms with Crippen molar-refractivity contribution in [2.45, 2.75) is 58.7 Å². The normalized spacial score (nSPS) is 22.1. The van der Waals surface area contributed by atoms with Crippen LogP contribution < -0.4 is 5.32 Å². The van der Waals surface area contributed by atoms with E-state index < -0.39 is 0 Å². The van der Waals surface area contributed by atoms with E-state index in [1.807, 2.05) is 10.9 Å². The number of nitrogens with zero attached hydrogens (tertiary/aromatic N) is 3. The van der Waals surface area contributed by atoms with Gasteiger partial charge in [0.25, 0.3) is 0 Å². The van der Waals surface area contributed by atoms with Gasteiger partial charge in [-0.15, -0.1) is 0 Å². The van der Waals surface area contributed by atoms with Crippen LogP contribution >= 0.6 is 0 Å². The number of hydrogen-bond acceptors (Lipinski definition) is 3. The third-order valence-electron chi connectivity index (χ3n) is 3.82. The zero-order valence-electron chi connectivity index (χ0n) is 11.9. The molecule has 1 aliphatic rings. The van der Waals surface area contributed by atoms with Crippen molar-refractivity contribution in [3.63, 3.8) is 0 Å². The Morgan fingerprint density at radius 3 is 2.89 bits per heavy atom. The van der Waals surface area contributed by atoms with Crippen molar-refractivity contribution in [3.8, 4) is 0 Å². The lowest BCUT2D eigenvalue weighted by atomic mass is 10.1. The van der Waals surface area contributed by atoms with Crippen LogP contribution in [0.4, 0.5) is 5.69 Å². The number of anilines is 1. The Kier molecular flexibility index (Phi) is 4.64. The topological polar surface area (TPSA) is 33.1 Å². The first-order valence-electron chi connectivity index (χ1n) is 7.22. The predicted octanol–water partition coefficient (Wildman–Crippen LogP) is 2.58. The first kappa shape index (κ1) is 13.4. The molecule has 4 nitrogen and oxygen atoms in total. The number of likely N-dealkylation sites (tertiary alicyclic amines) is 1. The second-order valence-electron chi connectivity index (χ2n) is 5.49. The van der Waals surface area contributed by atoms with Gasteiger partial charge < -0.3 is 10.2 Å². The van der Waals surface area contributed by atoms with E-state index in [2.05, 4.69) is 42.3 Å². The van der Waals surface area contributed by atoms with Gasteiger partial charge in [0.1, 0.15) is 0 Å². The van der Waals surface area contributed by atoms with Crippen LogP contribution in [0.2, 0.25) is 0 Å². The maximum Gasteiger partial charge on any atom is 0.0728 e. The monoisotopic (exact) mass is 250 g/mol. The van der Waals surface area contributed by atoms with Gasteiger partial charge in [0.05, 0.1) is 11.9 Å². The molecule has 0 amide bonds. The molecular weight excluding hydrogens is 224 g/mol. The van der Waals surface area contributed by atoms with Crippen molar-refractivity contribution in [2.24, 2.45) is 0 Å². The van der Waals surface area contributed by atoms with Crippen molar-refractivity contribution >= 4 is 5.69 Å². The fourth-order valence-electron chi connectivity index (χ4n) is 2.63. The summed E-state index contributed by atoms with van der Waals surface area (Å²) in [4.78, 5) is 2.58. The molecule has 1 N–H and O–H groups in total. The zero-order chi connectivity index (χ0) is 13.0. The Hall–Kier alpha value is -1.03. The summed E-state index contributed by atoms with van der Waals surface area (Å²) in [6, 6.07) is 1.27. The summed E-state index contributed by atoms with van der Waals surface area (Å²) in [7, 11) is 0. The molecule has 0 saturated carbocycles. The van der Waals surface area contributed by atoms with Crippen LogP contribution in [0.1, 0.15) is 40.0 Å². The first-order valence-corrected chi connectivity index (χ1v) is 7.22. The zero-order valence-corrected chi connectivity index (χ0v) is 11.9. The average Bonchev–Trinajstić information content (AvgIpc) is 2.66. The molecule has 0 aliphatic carbocycles. The molecule has 1 atom stereocenters. The number of hydrogen-bond donors (Lipinski definition) is 1. The quantitative estimate of drug-likeness (QED) is 0.891. The van der Waals surface area contributed by atoms with Crippen molar-refractivity contribution in [1.29, 1.82) is 0 Å². The molecule has 0 radical (unpaired) electrons. The molecular formula is C14H26N4. The summed E-state index contributed by atoms with van der Waals surface area (Å²) < 4.78 is 1.97. The molecule has 0 aromatic carbocycles. The Balaban J connectivity index is 1.86. The van der Waals surface area contributed by atoms with Gasteiger partial charge in [-0.3, -0.25) is 4.68 Å². The summed E-state index contributed by atoms with van der Waals surface area (Å²) in [6.07, 6.45) is 7.83. The number of aryl methyl sites for hydroxylation is 1. The van der Waals surface area contributed by atoms with Crippen LogP contribution in [0.25, 0.3) is 0 Å². The largest absolute Gasteiger partial charge is 0.380 e. The van der Waals surface area contributed by atoms with Crippen LogP contribution in [0.3, 0.4) is 0 Å². The first-order chi connectivity index (χ1) is 8.69. The van der Waals surface area contributed by atoms with E-state index in [-0.39, 0.29) is 0 Å². The van der Waals surface area contributed by atoms with E-state index in [1.54, 1.807) is 0 Å². The van der Waals surface area contributed by atoms with Gasteiger partial charge >= 0.3 is 0 Å². The minimum absolute atomic E-state index is 0.600. The van der Waals surface area contributed by atoms with E-state index >= 15 is 0 Å². The summed E-state index contributed by atoms with van der Waals surface area (Å²) >= 11 is 0. The van der Waals surface area contributed by atoms with Crippen LogP contribution in [-0.4, -0.2) is 39.9 Å². The Morgan fingerprint density at radius 2 is 2.22 bits per heavy atom. The highest BCUT2D eigenvalue weighted by atomic mass is 15.3. The summed E-state index contributed by atoms with van der Waals surface area (Å²) in [5.41, 5.74) is 1.17. The molecule has 1 fully saturated rings. The third-order valence-corrected chi connectivity index (χ3v) is 3.82. The van der Waals surface area contributed by atoms with E-state index in [1.165, 1.54) is 38.0 Å². The van der Waals surface area contributed by atoms with E-state index in [0.717, 1.165) is 6.54 Å². The SMILES string of the molecule is CCn1cc(NC2CCCN(C(C)C)CC2)cn1. The van der Waals surface area contributed by atoms with E-state index in [0.29, 0.717) is 12.1 Å². The van der Waals surface area contributed by atoms with Crippen molar-refractivity contribution in [2.75, 3.05) is 18.4 Å². The standard InChI is InChI=1S/C14H26N4/c1-4-18-11-14(10-15-18)16-13-6-5-8-17(9-7-13)12(2)3/h10-13,16H,4-9H2,1-3H3. The summed E-state index contributed by atoms with van der Waals surface area (Å²) in [5.74, 6) is 0. The van der Waals surface area contributed by atoms with E-state index in [4.69, 9.17) is 0 Å². The van der Waals surface area contributed by atoms with Gasteiger partial charge in [0.15, 0.2) is 0 Å². The molecule has 0 spiro atoms. The highest BCUT2D eigenvalue weighted by Gasteiger charge is 2.18. The van der Waals surface area contributed by atoms with Gasteiger partial charge in [-0.25, -0.2) is 0 Å². The molecule has 1 aromatic rings. The molecule has 2 heterocycles. The predicted molar refractivity (Wildman–Crippen MR) is 75.9 cm³/mol. The van der Waals surface area contributed by atoms with E-state index in [9.17, 15) is 0 Å². The number of nitrogens with one attached hydrogen (secondary N) is 1. The molecule has 1 saturated heterocycles. The lowest BCUT2D eigenvalue weighted by Crippen LogP contribution is -2.32. The molecule has 2 rings (SSSR count). The Bertz CT molecular complexity index is 358. The highest BCUT2D eigenvalue weighted by Crippen LogP contribution is 2.17. The summed E-state index contributed by atoms with van der Waals surface area (Å²) in [6.45, 7) is 10.1. The number of aromatic nitrogens is 2. The van der Waals surface area contributed by atoms with Gasteiger partial charge in [-0.1, -0.05) is 0 Å². The van der Waals surface area contributed by atoms with Crippen LogP contribution in [0.15, 0.2) is 12.4 Å². The van der Waals surface area contributed by atoms with Gasteiger partial charge in [0, 0.05) is 31.4 Å². The van der Waals surface area contributed by atoms with Crippen molar-refractivity contribution < 1.29 is 0 Å². The maximum absolute atomic E-state index is 4.31. The molecule has 1 unspecified atom stereocenters. The van der Waals surface area contributed by atoms with Gasteiger partial charge in [-0.05, 0) is 46.6 Å². The Morgan fingerprint density at radius 1 is 1.39 bits per heavy atom. The highest BCUT2D eigenvalue weighted by molar-refractivity contribution is 5.39. The fourth-order valence-corrected chi connectivity index (χ4v) is 2.63. The Labute approximate surface area is 110 Å². The summed E-state index contributed by atoms with van der Waals surface area (Å²) in [5, 5.41) is 7.94. The fraction of sp³-hybridized carbons (Fsp3) is 0.786. The molecule has 102 valence electrons. The van der Waals surface area contributed by atoms with Crippen molar-refractivity contribution in [1.82, 2.24) is 14.7 Å². The van der Waals surface area contributed by atoms with Gasteiger partial charge in [0.2, 0.25) is 0 Å². The van der Waals surface area contributed by atoms with Crippen LogP contribution in [0.5, 0.6) is 0 Å². The molecule has 18 heavy (non-hydrogen) atoms. The average molecular weight is 250 g/mol. The minimum atomic E-state index is 0.600. The third kappa shape index (κ3) is 3.48. The van der Waals surface area contributed by atoms with Crippen LogP contribution in [0, 0.1) is 0 Å². The molecule has 1 aliphatic heterocycles. The molecule has 1 aromatic heterocycles. The minimum Gasteiger partial charge on any atom is -0.380 e.